The van der Waals surface area contributed by atoms with Crippen LogP contribution in [0.3, 0.4) is 0 Å². The van der Waals surface area contributed by atoms with Gasteiger partial charge in [0.1, 0.15) is 23.7 Å². The number of benzene rings is 2. The van der Waals surface area contributed by atoms with Crippen molar-refractivity contribution in [2.24, 2.45) is 0 Å². The van der Waals surface area contributed by atoms with Gasteiger partial charge in [0.05, 0.1) is 12.7 Å². The van der Waals surface area contributed by atoms with Crippen molar-refractivity contribution in [2.75, 3.05) is 7.11 Å². The van der Waals surface area contributed by atoms with Gasteiger partial charge in [-0.2, -0.15) is 5.26 Å². The molecule has 96 valence electrons. The number of rotatable bonds is 4. The van der Waals surface area contributed by atoms with Gasteiger partial charge in [-0.15, -0.1) is 0 Å². The van der Waals surface area contributed by atoms with E-state index in [1.165, 1.54) is 0 Å². The summed E-state index contributed by atoms with van der Waals surface area (Å²) in [4.78, 5) is 0. The largest absolute Gasteiger partial charge is 0.497 e. The van der Waals surface area contributed by atoms with E-state index in [4.69, 9.17) is 14.7 Å². The maximum Gasteiger partial charge on any atom is 0.137 e. The second-order valence-corrected chi connectivity index (χ2v) is 4.14. The zero-order chi connectivity index (χ0) is 13.7. The maximum atomic E-state index is 9.02. The van der Waals surface area contributed by atoms with Crippen LogP contribution in [0, 0.1) is 11.3 Å². The van der Waals surface area contributed by atoms with Crippen LogP contribution in [0.1, 0.15) is 24.2 Å². The van der Waals surface area contributed by atoms with E-state index in [1.807, 2.05) is 43.3 Å². The molecule has 0 aliphatic rings. The fourth-order valence-corrected chi connectivity index (χ4v) is 1.80. The highest BCUT2D eigenvalue weighted by Gasteiger charge is 2.10. The minimum Gasteiger partial charge on any atom is -0.497 e. The van der Waals surface area contributed by atoms with E-state index in [0.717, 1.165) is 11.3 Å². The minimum absolute atomic E-state index is 0.125. The first-order valence-electron chi connectivity index (χ1n) is 6.04. The van der Waals surface area contributed by atoms with Crippen LogP contribution in [0.5, 0.6) is 11.5 Å². The summed E-state index contributed by atoms with van der Waals surface area (Å²) in [7, 11) is 1.64. The molecule has 3 heteroatoms. The summed E-state index contributed by atoms with van der Waals surface area (Å²) >= 11 is 0. The lowest BCUT2D eigenvalue weighted by Gasteiger charge is -2.16. The van der Waals surface area contributed by atoms with Crippen molar-refractivity contribution in [3.63, 3.8) is 0 Å². The highest BCUT2D eigenvalue weighted by Crippen LogP contribution is 2.25. The first kappa shape index (κ1) is 13.0. The summed E-state index contributed by atoms with van der Waals surface area (Å²) in [5, 5.41) is 9.02. The molecule has 0 aliphatic heterocycles. The average Bonchev–Trinajstić information content (AvgIpc) is 2.48. The fourth-order valence-electron chi connectivity index (χ4n) is 1.80. The molecule has 2 rings (SSSR count). The first-order chi connectivity index (χ1) is 9.24. The van der Waals surface area contributed by atoms with E-state index in [1.54, 1.807) is 19.2 Å². The molecule has 0 saturated heterocycles. The minimum atomic E-state index is -0.125. The molecule has 0 bridgehead atoms. The molecular formula is C16H15NO2. The van der Waals surface area contributed by atoms with Crippen molar-refractivity contribution in [2.45, 2.75) is 13.0 Å². The monoisotopic (exact) mass is 253 g/mol. The predicted octanol–water partition coefficient (Wildman–Crippen LogP) is 3.71. The lowest BCUT2D eigenvalue weighted by molar-refractivity contribution is 0.226. The summed E-state index contributed by atoms with van der Waals surface area (Å²) in [6.07, 6.45) is -0.125. The lowest BCUT2D eigenvalue weighted by atomic mass is 10.1. The molecule has 0 radical (unpaired) electrons. The van der Waals surface area contributed by atoms with E-state index in [9.17, 15) is 0 Å². The molecule has 3 nitrogen and oxygen atoms in total. The van der Waals surface area contributed by atoms with Gasteiger partial charge < -0.3 is 9.47 Å². The number of nitriles is 1. The molecule has 1 unspecified atom stereocenters. The van der Waals surface area contributed by atoms with E-state index in [-0.39, 0.29) is 6.10 Å². The van der Waals surface area contributed by atoms with Crippen LogP contribution in [0.4, 0.5) is 0 Å². The van der Waals surface area contributed by atoms with Gasteiger partial charge in [-0.25, -0.2) is 0 Å². The van der Waals surface area contributed by atoms with Crippen LogP contribution in [-0.4, -0.2) is 7.11 Å². The molecule has 0 aliphatic carbocycles. The highest BCUT2D eigenvalue weighted by molar-refractivity contribution is 5.43. The van der Waals surface area contributed by atoms with Gasteiger partial charge in [0.15, 0.2) is 0 Å². The first-order valence-corrected chi connectivity index (χ1v) is 6.04. The van der Waals surface area contributed by atoms with Gasteiger partial charge in [0.2, 0.25) is 0 Å². The van der Waals surface area contributed by atoms with Gasteiger partial charge in [-0.05, 0) is 36.8 Å². The van der Waals surface area contributed by atoms with Gasteiger partial charge in [-0.1, -0.05) is 24.3 Å². The molecule has 0 saturated carbocycles. The Labute approximate surface area is 113 Å². The molecule has 0 spiro atoms. The lowest BCUT2D eigenvalue weighted by Crippen LogP contribution is -2.04. The third-order valence-corrected chi connectivity index (χ3v) is 2.90. The number of para-hydroxylation sites is 1. The average molecular weight is 253 g/mol. The third kappa shape index (κ3) is 3.05. The van der Waals surface area contributed by atoms with Gasteiger partial charge in [0, 0.05) is 0 Å². The molecule has 1 atom stereocenters. The SMILES string of the molecule is COc1ccc(C(C)Oc2ccccc2C#N)cc1. The normalized spacial score (nSPS) is 11.4. The van der Waals surface area contributed by atoms with E-state index < -0.39 is 0 Å². The van der Waals surface area contributed by atoms with Crippen LogP contribution in [0.25, 0.3) is 0 Å². The Balaban J connectivity index is 2.16. The smallest absolute Gasteiger partial charge is 0.137 e. The number of ether oxygens (including phenoxy) is 2. The summed E-state index contributed by atoms with van der Waals surface area (Å²) < 4.78 is 11.0. The molecule has 2 aromatic rings. The zero-order valence-corrected chi connectivity index (χ0v) is 11.0. The van der Waals surface area contributed by atoms with Crippen molar-refractivity contribution < 1.29 is 9.47 Å². The molecule has 0 N–H and O–H groups in total. The third-order valence-electron chi connectivity index (χ3n) is 2.90. The fraction of sp³-hybridized carbons (Fsp3) is 0.188. The summed E-state index contributed by atoms with van der Waals surface area (Å²) in [5.74, 6) is 1.42. The quantitative estimate of drug-likeness (QED) is 0.834. The van der Waals surface area contributed by atoms with E-state index in [2.05, 4.69) is 6.07 Å². The Bertz CT molecular complexity index is 584. The van der Waals surface area contributed by atoms with Crippen molar-refractivity contribution in [1.29, 1.82) is 5.26 Å². The molecule has 2 aromatic carbocycles. The number of nitrogens with zero attached hydrogens (tertiary/aromatic N) is 1. The van der Waals surface area contributed by atoms with Crippen molar-refractivity contribution in [3.8, 4) is 17.6 Å². The van der Waals surface area contributed by atoms with Crippen molar-refractivity contribution >= 4 is 0 Å². The Hall–Kier alpha value is -2.47. The van der Waals surface area contributed by atoms with E-state index >= 15 is 0 Å². The standard InChI is InChI=1S/C16H15NO2/c1-12(13-7-9-15(18-2)10-8-13)19-16-6-4-3-5-14(16)11-17/h3-10,12H,1-2H3. The highest BCUT2D eigenvalue weighted by atomic mass is 16.5. The van der Waals surface area contributed by atoms with Gasteiger partial charge in [0.25, 0.3) is 0 Å². The maximum absolute atomic E-state index is 9.02. The predicted molar refractivity (Wildman–Crippen MR) is 73.2 cm³/mol. The van der Waals surface area contributed by atoms with Crippen molar-refractivity contribution in [1.82, 2.24) is 0 Å². The summed E-state index contributed by atoms with van der Waals surface area (Å²) in [6.45, 7) is 1.95. The van der Waals surface area contributed by atoms with Crippen LogP contribution in [-0.2, 0) is 0 Å². The molecular weight excluding hydrogens is 238 g/mol. The molecule has 19 heavy (non-hydrogen) atoms. The Morgan fingerprint density at radius 1 is 1.05 bits per heavy atom. The zero-order valence-electron chi connectivity index (χ0n) is 11.0. The van der Waals surface area contributed by atoms with Crippen LogP contribution >= 0.6 is 0 Å². The van der Waals surface area contributed by atoms with Gasteiger partial charge >= 0.3 is 0 Å². The van der Waals surface area contributed by atoms with E-state index in [0.29, 0.717) is 11.3 Å². The second kappa shape index (κ2) is 5.92. The van der Waals surface area contributed by atoms with Crippen LogP contribution in [0.2, 0.25) is 0 Å². The second-order valence-electron chi connectivity index (χ2n) is 4.14. The molecule has 0 fully saturated rings. The Morgan fingerprint density at radius 2 is 1.74 bits per heavy atom. The number of methoxy groups -OCH3 is 1. The number of hydrogen-bond acceptors (Lipinski definition) is 3. The van der Waals surface area contributed by atoms with Crippen LogP contribution in [0.15, 0.2) is 48.5 Å². The summed E-state index contributed by atoms with van der Waals surface area (Å²) in [6, 6.07) is 17.1. The topological polar surface area (TPSA) is 42.2 Å². The Kier molecular flexibility index (Phi) is 4.04. The van der Waals surface area contributed by atoms with Crippen molar-refractivity contribution in [3.05, 3.63) is 59.7 Å². The van der Waals surface area contributed by atoms with Gasteiger partial charge in [-0.3, -0.25) is 0 Å². The molecule has 0 aromatic heterocycles. The molecule has 0 heterocycles. The summed E-state index contributed by atoms with van der Waals surface area (Å²) in [5.41, 5.74) is 1.58. The molecule has 0 amide bonds. The number of hydrogen-bond donors (Lipinski definition) is 0. The Morgan fingerprint density at radius 3 is 2.37 bits per heavy atom. The van der Waals surface area contributed by atoms with Crippen LogP contribution < -0.4 is 9.47 Å².